The summed E-state index contributed by atoms with van der Waals surface area (Å²) >= 11 is 3.38. The first-order chi connectivity index (χ1) is 11.1. The molecule has 0 heterocycles. The summed E-state index contributed by atoms with van der Waals surface area (Å²) < 4.78 is 6.81. The van der Waals surface area contributed by atoms with Crippen LogP contribution in [-0.2, 0) is 11.2 Å². The van der Waals surface area contributed by atoms with E-state index in [1.807, 2.05) is 42.5 Å². The Morgan fingerprint density at radius 3 is 2.52 bits per heavy atom. The van der Waals surface area contributed by atoms with Crippen LogP contribution >= 0.6 is 15.9 Å². The zero-order valence-electron chi connectivity index (χ0n) is 13.5. The van der Waals surface area contributed by atoms with E-state index < -0.39 is 0 Å². The number of hydrogen-bond donors (Lipinski definition) is 1. The summed E-state index contributed by atoms with van der Waals surface area (Å²) in [5.74, 6) is 1.32. The van der Waals surface area contributed by atoms with E-state index in [9.17, 15) is 4.79 Å². The third kappa shape index (κ3) is 5.71. The summed E-state index contributed by atoms with van der Waals surface area (Å²) in [6.07, 6.45) is 0.385. The van der Waals surface area contributed by atoms with E-state index in [0.717, 1.165) is 15.8 Å². The minimum Gasteiger partial charge on any atom is -0.491 e. The molecule has 23 heavy (non-hydrogen) atoms. The van der Waals surface area contributed by atoms with E-state index in [-0.39, 0.29) is 5.91 Å². The Morgan fingerprint density at radius 2 is 1.83 bits per heavy atom. The number of hydrogen-bond acceptors (Lipinski definition) is 2. The van der Waals surface area contributed by atoms with Crippen molar-refractivity contribution in [2.45, 2.75) is 26.2 Å². The van der Waals surface area contributed by atoms with Gasteiger partial charge in [0.15, 0.2) is 0 Å². The maximum atomic E-state index is 11.9. The van der Waals surface area contributed by atoms with Gasteiger partial charge in [-0.05, 0) is 35.2 Å². The van der Waals surface area contributed by atoms with Gasteiger partial charge in [-0.1, -0.05) is 60.1 Å². The standard InChI is InChI=1S/C19H22BrNO2/c1-14(2)17-5-3-4-6-18(17)23-12-11-21-19(22)13-15-7-9-16(20)10-8-15/h3-10,14H,11-13H2,1-2H3,(H,21,22). The lowest BCUT2D eigenvalue weighted by molar-refractivity contribution is -0.120. The van der Waals surface area contributed by atoms with Crippen molar-refractivity contribution in [2.75, 3.05) is 13.2 Å². The van der Waals surface area contributed by atoms with Crippen molar-refractivity contribution in [1.29, 1.82) is 0 Å². The number of halogens is 1. The topological polar surface area (TPSA) is 38.3 Å². The molecule has 2 rings (SSSR count). The highest BCUT2D eigenvalue weighted by Crippen LogP contribution is 2.25. The van der Waals surface area contributed by atoms with Gasteiger partial charge in [0.2, 0.25) is 5.91 Å². The third-order valence-electron chi connectivity index (χ3n) is 3.50. The van der Waals surface area contributed by atoms with E-state index in [4.69, 9.17) is 4.74 Å². The van der Waals surface area contributed by atoms with Crippen LogP contribution in [-0.4, -0.2) is 19.1 Å². The second-order valence-electron chi connectivity index (χ2n) is 5.69. The van der Waals surface area contributed by atoms with Crippen LogP contribution in [0.5, 0.6) is 5.75 Å². The van der Waals surface area contributed by atoms with Gasteiger partial charge in [-0.15, -0.1) is 0 Å². The van der Waals surface area contributed by atoms with Crippen LogP contribution in [0.2, 0.25) is 0 Å². The Morgan fingerprint density at radius 1 is 1.13 bits per heavy atom. The number of rotatable bonds is 7. The smallest absolute Gasteiger partial charge is 0.224 e. The molecule has 0 spiro atoms. The molecule has 0 atom stereocenters. The molecule has 0 radical (unpaired) electrons. The van der Waals surface area contributed by atoms with E-state index in [1.165, 1.54) is 5.56 Å². The highest BCUT2D eigenvalue weighted by molar-refractivity contribution is 9.10. The Labute approximate surface area is 146 Å². The first-order valence-corrected chi connectivity index (χ1v) is 8.58. The average Bonchev–Trinajstić information content (AvgIpc) is 2.54. The zero-order valence-corrected chi connectivity index (χ0v) is 15.1. The molecule has 4 heteroatoms. The summed E-state index contributed by atoms with van der Waals surface area (Å²) in [7, 11) is 0. The van der Waals surface area contributed by atoms with Gasteiger partial charge < -0.3 is 10.1 Å². The van der Waals surface area contributed by atoms with E-state index in [1.54, 1.807) is 0 Å². The Bertz CT molecular complexity index is 638. The lowest BCUT2D eigenvalue weighted by Crippen LogP contribution is -2.29. The Balaban J connectivity index is 1.75. The summed E-state index contributed by atoms with van der Waals surface area (Å²) in [6, 6.07) is 15.8. The number of benzene rings is 2. The molecule has 0 saturated heterocycles. The number of amides is 1. The fraction of sp³-hybridized carbons (Fsp3) is 0.316. The Kier molecular flexibility index (Phi) is 6.66. The highest BCUT2D eigenvalue weighted by atomic mass is 79.9. The largest absolute Gasteiger partial charge is 0.491 e. The van der Waals surface area contributed by atoms with Crippen molar-refractivity contribution in [1.82, 2.24) is 5.32 Å². The first kappa shape index (κ1) is 17.5. The number of para-hydroxylation sites is 1. The maximum Gasteiger partial charge on any atom is 0.224 e. The molecule has 0 unspecified atom stereocenters. The number of carbonyl (C=O) groups excluding carboxylic acids is 1. The minimum absolute atomic E-state index is 0.00747. The average molecular weight is 376 g/mol. The second-order valence-corrected chi connectivity index (χ2v) is 6.61. The number of ether oxygens (including phenoxy) is 1. The van der Waals surface area contributed by atoms with E-state index in [0.29, 0.717) is 25.5 Å². The second kappa shape index (κ2) is 8.73. The van der Waals surface area contributed by atoms with E-state index >= 15 is 0 Å². The van der Waals surface area contributed by atoms with Gasteiger partial charge in [-0.2, -0.15) is 0 Å². The molecule has 0 aliphatic heterocycles. The third-order valence-corrected chi connectivity index (χ3v) is 4.03. The molecule has 0 saturated carbocycles. The van der Waals surface area contributed by atoms with Crippen molar-refractivity contribution in [2.24, 2.45) is 0 Å². The van der Waals surface area contributed by atoms with Crippen LogP contribution in [0.4, 0.5) is 0 Å². The predicted octanol–water partition coefficient (Wildman–Crippen LogP) is 4.31. The molecular weight excluding hydrogens is 354 g/mol. The SMILES string of the molecule is CC(C)c1ccccc1OCCNC(=O)Cc1ccc(Br)cc1. The molecular formula is C19H22BrNO2. The first-order valence-electron chi connectivity index (χ1n) is 7.79. The fourth-order valence-corrected chi connectivity index (χ4v) is 2.55. The maximum absolute atomic E-state index is 11.9. The van der Waals surface area contributed by atoms with Crippen LogP contribution in [0, 0.1) is 0 Å². The van der Waals surface area contributed by atoms with Gasteiger partial charge in [0.1, 0.15) is 12.4 Å². The van der Waals surface area contributed by atoms with Gasteiger partial charge in [-0.3, -0.25) is 4.79 Å². The van der Waals surface area contributed by atoms with Crippen LogP contribution in [0.25, 0.3) is 0 Å². The van der Waals surface area contributed by atoms with Crippen molar-refractivity contribution in [3.05, 3.63) is 64.1 Å². The number of nitrogens with one attached hydrogen (secondary N) is 1. The van der Waals surface area contributed by atoms with Gasteiger partial charge >= 0.3 is 0 Å². The highest BCUT2D eigenvalue weighted by Gasteiger charge is 2.07. The normalized spacial score (nSPS) is 10.6. The molecule has 0 bridgehead atoms. The molecule has 0 aliphatic carbocycles. The van der Waals surface area contributed by atoms with Gasteiger partial charge in [0.25, 0.3) is 0 Å². The predicted molar refractivity (Wildman–Crippen MR) is 96.9 cm³/mol. The van der Waals surface area contributed by atoms with Gasteiger partial charge in [-0.25, -0.2) is 0 Å². The molecule has 122 valence electrons. The zero-order chi connectivity index (χ0) is 16.7. The molecule has 1 amide bonds. The molecule has 0 aromatic heterocycles. The molecule has 2 aromatic rings. The molecule has 1 N–H and O–H groups in total. The summed E-state index contributed by atoms with van der Waals surface area (Å²) in [4.78, 5) is 11.9. The van der Waals surface area contributed by atoms with Gasteiger partial charge in [0, 0.05) is 4.47 Å². The minimum atomic E-state index is 0.00747. The molecule has 0 fully saturated rings. The monoisotopic (exact) mass is 375 g/mol. The van der Waals surface area contributed by atoms with Crippen molar-refractivity contribution >= 4 is 21.8 Å². The van der Waals surface area contributed by atoms with E-state index in [2.05, 4.69) is 41.2 Å². The molecule has 0 aliphatic rings. The van der Waals surface area contributed by atoms with Crippen LogP contribution < -0.4 is 10.1 Å². The fourth-order valence-electron chi connectivity index (χ4n) is 2.29. The Hall–Kier alpha value is -1.81. The van der Waals surface area contributed by atoms with Crippen LogP contribution in [0.1, 0.15) is 30.9 Å². The summed E-state index contributed by atoms with van der Waals surface area (Å²) in [5, 5.41) is 2.89. The lowest BCUT2D eigenvalue weighted by atomic mass is 10.0. The van der Waals surface area contributed by atoms with Gasteiger partial charge in [0.05, 0.1) is 13.0 Å². The summed E-state index contributed by atoms with van der Waals surface area (Å²) in [5.41, 5.74) is 2.19. The molecule has 3 nitrogen and oxygen atoms in total. The summed E-state index contributed by atoms with van der Waals surface area (Å²) in [6.45, 7) is 5.25. The number of carbonyl (C=O) groups is 1. The van der Waals surface area contributed by atoms with Crippen LogP contribution in [0.15, 0.2) is 53.0 Å². The quantitative estimate of drug-likeness (QED) is 0.732. The van der Waals surface area contributed by atoms with Crippen molar-refractivity contribution < 1.29 is 9.53 Å². The van der Waals surface area contributed by atoms with Crippen molar-refractivity contribution in [3.8, 4) is 5.75 Å². The van der Waals surface area contributed by atoms with Crippen molar-refractivity contribution in [3.63, 3.8) is 0 Å². The van der Waals surface area contributed by atoms with Crippen LogP contribution in [0.3, 0.4) is 0 Å². The molecule has 2 aromatic carbocycles. The lowest BCUT2D eigenvalue weighted by Gasteiger charge is -2.14.